The summed E-state index contributed by atoms with van der Waals surface area (Å²) in [4.78, 5) is 16.0. The Morgan fingerprint density at radius 1 is 1.33 bits per heavy atom. The maximum Gasteiger partial charge on any atom is 0.275 e. The molecule has 92 valence electrons. The molecule has 4 heteroatoms. The van der Waals surface area contributed by atoms with Gasteiger partial charge in [-0.2, -0.15) is 0 Å². The number of amidine groups is 1. The van der Waals surface area contributed by atoms with Gasteiger partial charge in [-0.05, 0) is 25.0 Å². The summed E-state index contributed by atoms with van der Waals surface area (Å²) in [5.74, 6) is 0.541. The second-order valence-corrected chi connectivity index (χ2v) is 4.63. The van der Waals surface area contributed by atoms with Crippen molar-refractivity contribution < 1.29 is 9.18 Å². The molecule has 1 saturated carbocycles. The van der Waals surface area contributed by atoms with Gasteiger partial charge in [0.2, 0.25) is 0 Å². The third-order valence-electron chi connectivity index (χ3n) is 3.40. The van der Waals surface area contributed by atoms with Crippen molar-refractivity contribution in [2.24, 2.45) is 10.9 Å². The molecule has 0 atom stereocenters. The lowest BCUT2D eigenvalue weighted by molar-refractivity contribution is -0.115. The summed E-state index contributed by atoms with van der Waals surface area (Å²) in [7, 11) is 0. The van der Waals surface area contributed by atoms with Gasteiger partial charge in [-0.3, -0.25) is 4.79 Å². The Morgan fingerprint density at radius 3 is 2.78 bits per heavy atom. The number of rotatable bonds is 2. The minimum atomic E-state index is -0.343. The highest BCUT2D eigenvalue weighted by Crippen LogP contribution is 2.29. The van der Waals surface area contributed by atoms with Gasteiger partial charge in [0, 0.05) is 11.5 Å². The smallest absolute Gasteiger partial charge is 0.275 e. The number of aliphatic imine (C=N–C) groups is 1. The van der Waals surface area contributed by atoms with Crippen LogP contribution in [-0.4, -0.2) is 11.7 Å². The van der Waals surface area contributed by atoms with Gasteiger partial charge in [0.05, 0.1) is 0 Å². The zero-order chi connectivity index (χ0) is 12.5. The molecule has 0 unspecified atom stereocenters. The molecule has 1 aliphatic heterocycles. The molecule has 1 N–H and O–H groups in total. The molecule has 1 aromatic carbocycles. The molecule has 1 fully saturated rings. The number of carbonyl (C=O) groups excluding carboxylic acids is 1. The van der Waals surface area contributed by atoms with Crippen molar-refractivity contribution in [1.82, 2.24) is 5.32 Å². The highest BCUT2D eigenvalue weighted by Gasteiger charge is 2.30. The topological polar surface area (TPSA) is 41.5 Å². The molecule has 3 rings (SSSR count). The van der Waals surface area contributed by atoms with Gasteiger partial charge in [0.25, 0.3) is 5.91 Å². The van der Waals surface area contributed by atoms with Gasteiger partial charge < -0.3 is 5.32 Å². The molecule has 0 radical (unpaired) electrons. The molecule has 18 heavy (non-hydrogen) atoms. The van der Waals surface area contributed by atoms with E-state index in [1.54, 1.807) is 18.2 Å². The zero-order valence-electron chi connectivity index (χ0n) is 9.82. The Morgan fingerprint density at radius 2 is 2.11 bits per heavy atom. The monoisotopic (exact) mass is 244 g/mol. The van der Waals surface area contributed by atoms with Crippen LogP contribution in [0.25, 0.3) is 6.08 Å². The third-order valence-corrected chi connectivity index (χ3v) is 3.40. The number of benzene rings is 1. The van der Waals surface area contributed by atoms with Gasteiger partial charge in [-0.1, -0.05) is 24.6 Å². The fourth-order valence-corrected chi connectivity index (χ4v) is 2.10. The maximum absolute atomic E-state index is 13.5. The first kappa shape index (κ1) is 11.1. The summed E-state index contributed by atoms with van der Waals surface area (Å²) in [5, 5.41) is 2.77. The van der Waals surface area contributed by atoms with E-state index in [1.165, 1.54) is 18.6 Å². The third kappa shape index (κ3) is 1.94. The predicted molar refractivity (Wildman–Crippen MR) is 67.3 cm³/mol. The van der Waals surface area contributed by atoms with Crippen molar-refractivity contribution in [3.63, 3.8) is 0 Å². The minimum Gasteiger partial charge on any atom is -0.308 e. The van der Waals surface area contributed by atoms with Gasteiger partial charge in [-0.25, -0.2) is 9.38 Å². The molecular formula is C14H13FN2O. The van der Waals surface area contributed by atoms with E-state index in [0.29, 0.717) is 17.2 Å². The van der Waals surface area contributed by atoms with E-state index in [2.05, 4.69) is 10.3 Å². The number of amides is 1. The number of hydrogen-bond donors (Lipinski definition) is 1. The van der Waals surface area contributed by atoms with Crippen molar-refractivity contribution in [3.8, 4) is 0 Å². The number of nitrogens with zero attached hydrogens (tertiary/aromatic N) is 1. The number of hydrogen-bond acceptors (Lipinski definition) is 2. The molecule has 1 aliphatic carbocycles. The van der Waals surface area contributed by atoms with Crippen LogP contribution in [0.5, 0.6) is 0 Å². The first-order valence-corrected chi connectivity index (χ1v) is 6.10. The fourth-order valence-electron chi connectivity index (χ4n) is 2.10. The summed E-state index contributed by atoms with van der Waals surface area (Å²) in [5.41, 5.74) is 0.684. The van der Waals surface area contributed by atoms with Crippen LogP contribution in [-0.2, 0) is 4.79 Å². The Kier molecular flexibility index (Phi) is 2.70. The van der Waals surface area contributed by atoms with Crippen LogP contribution >= 0.6 is 0 Å². The van der Waals surface area contributed by atoms with Gasteiger partial charge in [-0.15, -0.1) is 0 Å². The molecule has 0 bridgehead atoms. The van der Waals surface area contributed by atoms with E-state index in [9.17, 15) is 9.18 Å². The molecular weight excluding hydrogens is 231 g/mol. The van der Waals surface area contributed by atoms with Crippen molar-refractivity contribution >= 4 is 17.8 Å². The molecule has 0 saturated heterocycles. The summed E-state index contributed by atoms with van der Waals surface area (Å²) in [6, 6.07) is 6.36. The summed E-state index contributed by atoms with van der Waals surface area (Å²) in [6.45, 7) is 0. The maximum atomic E-state index is 13.5. The molecule has 0 spiro atoms. The highest BCUT2D eigenvalue weighted by molar-refractivity contribution is 6.15. The standard InChI is InChI=1S/C14H13FN2O/c15-11-7-2-1-4-10(11)8-12-14(18)17-13(16-12)9-5-3-6-9/h1-2,4,7-9H,3,5-6H2,(H,16,17,18)/b12-8-. The van der Waals surface area contributed by atoms with E-state index in [-0.39, 0.29) is 11.7 Å². The van der Waals surface area contributed by atoms with Crippen LogP contribution in [0.15, 0.2) is 35.0 Å². The zero-order valence-corrected chi connectivity index (χ0v) is 9.82. The summed E-state index contributed by atoms with van der Waals surface area (Å²) in [6.07, 6.45) is 4.83. The summed E-state index contributed by atoms with van der Waals surface area (Å²) >= 11 is 0. The van der Waals surface area contributed by atoms with Gasteiger partial charge in [0.15, 0.2) is 0 Å². The van der Waals surface area contributed by atoms with E-state index < -0.39 is 0 Å². The number of halogens is 1. The quantitative estimate of drug-likeness (QED) is 0.798. The van der Waals surface area contributed by atoms with Crippen molar-refractivity contribution in [3.05, 3.63) is 41.3 Å². The van der Waals surface area contributed by atoms with Crippen LogP contribution in [0.2, 0.25) is 0 Å². The average Bonchev–Trinajstić information content (AvgIpc) is 2.61. The molecule has 3 nitrogen and oxygen atoms in total. The second-order valence-electron chi connectivity index (χ2n) is 4.63. The Hall–Kier alpha value is -1.97. The SMILES string of the molecule is O=C1NC(C2CCC2)=N/C1=C\c1ccccc1F. The van der Waals surface area contributed by atoms with Crippen LogP contribution < -0.4 is 5.32 Å². The van der Waals surface area contributed by atoms with E-state index in [4.69, 9.17) is 0 Å². The first-order chi connectivity index (χ1) is 8.74. The van der Waals surface area contributed by atoms with Crippen molar-refractivity contribution in [1.29, 1.82) is 0 Å². The molecule has 1 amide bonds. The van der Waals surface area contributed by atoms with Crippen molar-refractivity contribution in [2.45, 2.75) is 19.3 Å². The fraction of sp³-hybridized carbons (Fsp3) is 0.286. The van der Waals surface area contributed by atoms with Crippen LogP contribution in [0.4, 0.5) is 4.39 Å². The van der Waals surface area contributed by atoms with Crippen LogP contribution in [0.1, 0.15) is 24.8 Å². The largest absolute Gasteiger partial charge is 0.308 e. The molecule has 2 aliphatic rings. The molecule has 1 heterocycles. The lowest BCUT2D eigenvalue weighted by Crippen LogP contribution is -2.33. The lowest BCUT2D eigenvalue weighted by Gasteiger charge is -2.24. The molecule has 1 aromatic rings. The van der Waals surface area contributed by atoms with Gasteiger partial charge >= 0.3 is 0 Å². The number of nitrogens with one attached hydrogen (secondary N) is 1. The average molecular weight is 244 g/mol. The minimum absolute atomic E-state index is 0.236. The van der Waals surface area contributed by atoms with E-state index in [1.807, 2.05) is 0 Å². The van der Waals surface area contributed by atoms with Crippen LogP contribution in [0, 0.1) is 11.7 Å². The Balaban J connectivity index is 1.89. The summed E-state index contributed by atoms with van der Waals surface area (Å²) < 4.78 is 13.5. The first-order valence-electron chi connectivity index (χ1n) is 6.10. The van der Waals surface area contributed by atoms with Crippen LogP contribution in [0.3, 0.4) is 0 Å². The Labute approximate surface area is 104 Å². The molecule has 0 aromatic heterocycles. The predicted octanol–water partition coefficient (Wildman–Crippen LogP) is 2.50. The van der Waals surface area contributed by atoms with Crippen molar-refractivity contribution in [2.75, 3.05) is 0 Å². The normalized spacial score (nSPS) is 21.7. The number of carbonyl (C=O) groups is 1. The lowest BCUT2D eigenvalue weighted by atomic mass is 9.84. The van der Waals surface area contributed by atoms with Gasteiger partial charge in [0.1, 0.15) is 17.3 Å². The van der Waals surface area contributed by atoms with E-state index >= 15 is 0 Å². The highest BCUT2D eigenvalue weighted by atomic mass is 19.1. The Bertz CT molecular complexity index is 559. The van der Waals surface area contributed by atoms with E-state index in [0.717, 1.165) is 18.7 Å². The second kappa shape index (κ2) is 4.37.